The fourth-order valence-electron chi connectivity index (χ4n) is 2.72. The normalized spacial score (nSPS) is 26.4. The fraction of sp³-hybridized carbons (Fsp3) is 0.688. The summed E-state index contributed by atoms with van der Waals surface area (Å²) >= 11 is 0. The third-order valence-corrected chi connectivity index (χ3v) is 3.98. The second-order valence-corrected chi connectivity index (χ2v) is 5.98. The van der Waals surface area contributed by atoms with Gasteiger partial charge in [-0.1, -0.05) is 13.8 Å². The first-order valence-electron chi connectivity index (χ1n) is 8.51. The van der Waals surface area contributed by atoms with Crippen LogP contribution < -0.4 is 5.69 Å². The fourth-order valence-corrected chi connectivity index (χ4v) is 2.72. The van der Waals surface area contributed by atoms with Crippen LogP contribution in [0.3, 0.4) is 0 Å². The molecule has 0 aliphatic carbocycles. The lowest BCUT2D eigenvalue weighted by atomic mass is 10.1. The molecule has 1 aliphatic heterocycles. The first-order chi connectivity index (χ1) is 12.0. The molecule has 0 bridgehead atoms. The van der Waals surface area contributed by atoms with Crippen molar-refractivity contribution < 1.29 is 20.1 Å². The maximum atomic E-state index is 12.2. The Morgan fingerprint density at radius 1 is 1.32 bits per heavy atom. The monoisotopic (exact) mass is 354 g/mol. The molecule has 2 rings (SSSR count). The van der Waals surface area contributed by atoms with E-state index < -0.39 is 36.8 Å². The predicted molar refractivity (Wildman–Crippen MR) is 91.8 cm³/mol. The highest BCUT2D eigenvalue weighted by atomic mass is 16.6. The van der Waals surface area contributed by atoms with Crippen LogP contribution in [0.4, 0.5) is 5.82 Å². The smallest absolute Gasteiger partial charge is 0.351 e. The summed E-state index contributed by atoms with van der Waals surface area (Å²) in [5.41, 5.74) is -0.651. The molecule has 0 spiro atoms. The molecule has 0 radical (unpaired) electrons. The molecule has 1 aliphatic rings. The molecule has 25 heavy (non-hydrogen) atoms. The quantitative estimate of drug-likeness (QED) is 0.430. The summed E-state index contributed by atoms with van der Waals surface area (Å²) in [5.74, 6) is 0.255. The molecule has 9 heteroatoms. The van der Waals surface area contributed by atoms with Crippen LogP contribution in [0.5, 0.6) is 0 Å². The Labute approximate surface area is 146 Å². The van der Waals surface area contributed by atoms with Crippen molar-refractivity contribution in [3.63, 3.8) is 0 Å². The lowest BCUT2D eigenvalue weighted by Gasteiger charge is -2.18. The van der Waals surface area contributed by atoms with Gasteiger partial charge in [-0.25, -0.2) is 9.79 Å². The molecular weight excluding hydrogens is 328 g/mol. The highest BCUT2D eigenvalue weighted by Gasteiger charge is 2.43. The van der Waals surface area contributed by atoms with E-state index in [4.69, 9.17) is 9.84 Å². The van der Waals surface area contributed by atoms with Crippen LogP contribution in [0.15, 0.2) is 22.1 Å². The first-order valence-corrected chi connectivity index (χ1v) is 8.51. The maximum Gasteiger partial charge on any atom is 0.351 e. The lowest BCUT2D eigenvalue weighted by molar-refractivity contribution is -0.0549. The van der Waals surface area contributed by atoms with Crippen LogP contribution in [0.1, 0.15) is 32.9 Å². The van der Waals surface area contributed by atoms with Crippen molar-refractivity contribution in [1.82, 2.24) is 14.5 Å². The standard InChI is InChI=1S/C16H26N4O5/c1-3-6-19(7-4-2)10-17-12-5-8-20(16(24)18-12)15-14(23)13(22)11(9-21)25-15/h5,8,10-11,13-15,21-23H,3-4,6-7,9H2,1-2H3/t11-,13+,14?,15-/m1/s1. The van der Waals surface area contributed by atoms with Crippen molar-refractivity contribution in [2.45, 2.75) is 51.2 Å². The van der Waals surface area contributed by atoms with E-state index >= 15 is 0 Å². The number of rotatable bonds is 8. The number of aliphatic hydroxyl groups is 3. The molecule has 1 aromatic heterocycles. The average molecular weight is 354 g/mol. The van der Waals surface area contributed by atoms with Crippen molar-refractivity contribution in [3.05, 3.63) is 22.7 Å². The Bertz CT molecular complexity index is 629. The Kier molecular flexibility index (Phi) is 7.06. The number of nitrogens with zero attached hydrogens (tertiary/aromatic N) is 4. The SMILES string of the molecule is CCCN(C=Nc1ccn([C@@H]2O[C@H](CO)[C@H](O)C2O)c(=O)n1)CCC. The molecule has 1 aromatic rings. The van der Waals surface area contributed by atoms with Crippen molar-refractivity contribution in [2.75, 3.05) is 19.7 Å². The molecule has 1 unspecified atom stereocenters. The molecule has 0 aromatic carbocycles. The average Bonchev–Trinajstić information content (AvgIpc) is 2.88. The van der Waals surface area contributed by atoms with E-state index in [-0.39, 0.29) is 5.82 Å². The van der Waals surface area contributed by atoms with Gasteiger partial charge in [0, 0.05) is 19.3 Å². The number of aromatic nitrogens is 2. The van der Waals surface area contributed by atoms with E-state index in [1.165, 1.54) is 12.3 Å². The summed E-state index contributed by atoms with van der Waals surface area (Å²) in [6, 6.07) is 1.53. The van der Waals surface area contributed by atoms with Crippen LogP contribution in [0.25, 0.3) is 0 Å². The highest BCUT2D eigenvalue weighted by molar-refractivity contribution is 5.59. The predicted octanol–water partition coefficient (Wildman–Crippen LogP) is -0.363. The largest absolute Gasteiger partial charge is 0.394 e. The van der Waals surface area contributed by atoms with Crippen LogP contribution in [0.2, 0.25) is 0 Å². The van der Waals surface area contributed by atoms with Gasteiger partial charge in [0.25, 0.3) is 0 Å². The lowest BCUT2D eigenvalue weighted by Crippen LogP contribution is -2.35. The summed E-state index contributed by atoms with van der Waals surface area (Å²) in [4.78, 5) is 22.3. The minimum Gasteiger partial charge on any atom is -0.394 e. The summed E-state index contributed by atoms with van der Waals surface area (Å²) in [5, 5.41) is 28.9. The van der Waals surface area contributed by atoms with Crippen LogP contribution in [-0.4, -0.2) is 74.1 Å². The van der Waals surface area contributed by atoms with Gasteiger partial charge in [0.1, 0.15) is 18.3 Å². The highest BCUT2D eigenvalue weighted by Crippen LogP contribution is 2.28. The minimum atomic E-state index is -1.32. The van der Waals surface area contributed by atoms with Gasteiger partial charge in [-0.15, -0.1) is 0 Å². The van der Waals surface area contributed by atoms with Gasteiger partial charge in [0.05, 0.1) is 12.9 Å². The molecule has 1 fully saturated rings. The summed E-state index contributed by atoms with van der Waals surface area (Å²) < 4.78 is 6.41. The van der Waals surface area contributed by atoms with Crippen molar-refractivity contribution in [1.29, 1.82) is 0 Å². The molecule has 2 heterocycles. The van der Waals surface area contributed by atoms with E-state index in [2.05, 4.69) is 28.7 Å². The van der Waals surface area contributed by atoms with Gasteiger partial charge >= 0.3 is 5.69 Å². The Balaban J connectivity index is 2.14. The van der Waals surface area contributed by atoms with E-state index in [0.717, 1.165) is 30.5 Å². The Morgan fingerprint density at radius 2 is 2.00 bits per heavy atom. The van der Waals surface area contributed by atoms with Crippen LogP contribution >= 0.6 is 0 Å². The molecule has 4 atom stereocenters. The minimum absolute atomic E-state index is 0.255. The van der Waals surface area contributed by atoms with Crippen molar-refractivity contribution in [3.8, 4) is 0 Å². The molecule has 9 nitrogen and oxygen atoms in total. The third-order valence-electron chi connectivity index (χ3n) is 3.98. The summed E-state index contributed by atoms with van der Waals surface area (Å²) in [6.45, 7) is 5.45. The zero-order valence-corrected chi connectivity index (χ0v) is 14.5. The van der Waals surface area contributed by atoms with E-state index in [0.29, 0.717) is 0 Å². The van der Waals surface area contributed by atoms with Gasteiger partial charge in [0.15, 0.2) is 12.0 Å². The van der Waals surface area contributed by atoms with Crippen LogP contribution in [-0.2, 0) is 4.74 Å². The van der Waals surface area contributed by atoms with Crippen molar-refractivity contribution in [2.24, 2.45) is 4.99 Å². The maximum absolute atomic E-state index is 12.2. The number of ether oxygens (including phenoxy) is 1. The van der Waals surface area contributed by atoms with Crippen molar-refractivity contribution >= 4 is 12.2 Å². The topological polar surface area (TPSA) is 120 Å². The van der Waals surface area contributed by atoms with Gasteiger partial charge in [-0.05, 0) is 18.9 Å². The first kappa shape index (κ1) is 19.5. The Hall–Kier alpha value is -1.81. The molecule has 0 amide bonds. The van der Waals surface area contributed by atoms with E-state index in [1.54, 1.807) is 6.34 Å². The zero-order valence-electron chi connectivity index (χ0n) is 14.5. The van der Waals surface area contributed by atoms with Gasteiger partial charge in [0.2, 0.25) is 0 Å². The number of hydrogen-bond acceptors (Lipinski definition) is 7. The molecule has 1 saturated heterocycles. The summed E-state index contributed by atoms with van der Waals surface area (Å²) in [6.07, 6.45) is 0.436. The second kappa shape index (κ2) is 9.04. The van der Waals surface area contributed by atoms with Gasteiger partial charge in [-0.3, -0.25) is 4.57 Å². The number of aliphatic imine (C=N–C) groups is 1. The summed E-state index contributed by atoms with van der Waals surface area (Å²) in [7, 11) is 0. The number of hydrogen-bond donors (Lipinski definition) is 3. The van der Waals surface area contributed by atoms with Crippen LogP contribution in [0, 0.1) is 0 Å². The van der Waals surface area contributed by atoms with Gasteiger partial charge < -0.3 is 25.0 Å². The molecule has 3 N–H and O–H groups in total. The number of aliphatic hydroxyl groups excluding tert-OH is 3. The molecule has 0 saturated carbocycles. The van der Waals surface area contributed by atoms with E-state index in [9.17, 15) is 15.0 Å². The molecule has 140 valence electrons. The molecular formula is C16H26N4O5. The Morgan fingerprint density at radius 3 is 2.52 bits per heavy atom. The van der Waals surface area contributed by atoms with E-state index in [1.807, 2.05) is 0 Å². The second-order valence-electron chi connectivity index (χ2n) is 5.98. The third kappa shape index (κ3) is 4.63. The van der Waals surface area contributed by atoms with Gasteiger partial charge in [-0.2, -0.15) is 4.98 Å². The zero-order chi connectivity index (χ0) is 18.4.